The van der Waals surface area contributed by atoms with Crippen LogP contribution < -0.4 is 10.1 Å². The minimum atomic E-state index is -0.758. The molecule has 104 valence electrons. The van der Waals surface area contributed by atoms with Gasteiger partial charge in [-0.3, -0.25) is 9.78 Å². The third-order valence-electron chi connectivity index (χ3n) is 2.90. The second-order valence-electron chi connectivity index (χ2n) is 4.23. The van der Waals surface area contributed by atoms with E-state index < -0.39 is 6.10 Å². The lowest BCUT2D eigenvalue weighted by atomic mass is 10.1. The van der Waals surface area contributed by atoms with Crippen LogP contribution in [0.2, 0.25) is 0 Å². The number of pyridine rings is 1. The van der Waals surface area contributed by atoms with Gasteiger partial charge < -0.3 is 15.2 Å². The van der Waals surface area contributed by atoms with Gasteiger partial charge in [0, 0.05) is 24.5 Å². The normalized spacial score (nSPS) is 11.7. The van der Waals surface area contributed by atoms with E-state index in [2.05, 4.69) is 10.3 Å². The van der Waals surface area contributed by atoms with Crippen LogP contribution in [0.25, 0.3) is 0 Å². The number of amides is 1. The van der Waals surface area contributed by atoms with Crippen LogP contribution in [-0.2, 0) is 0 Å². The Hall–Kier alpha value is -2.40. The molecular weight excluding hydrogens is 256 g/mol. The Morgan fingerprint density at radius 3 is 2.50 bits per heavy atom. The molecule has 0 spiro atoms. The molecule has 1 aromatic heterocycles. The number of aromatic nitrogens is 1. The van der Waals surface area contributed by atoms with Gasteiger partial charge in [0.15, 0.2) is 0 Å². The largest absolute Gasteiger partial charge is 0.497 e. The van der Waals surface area contributed by atoms with Crippen molar-refractivity contribution >= 4 is 5.91 Å². The Morgan fingerprint density at radius 1 is 1.25 bits per heavy atom. The third kappa shape index (κ3) is 3.55. The van der Waals surface area contributed by atoms with Crippen LogP contribution in [0.1, 0.15) is 22.0 Å². The van der Waals surface area contributed by atoms with Crippen molar-refractivity contribution in [2.75, 3.05) is 13.7 Å². The third-order valence-corrected chi connectivity index (χ3v) is 2.90. The maximum absolute atomic E-state index is 11.8. The van der Waals surface area contributed by atoms with Crippen LogP contribution in [0.4, 0.5) is 0 Å². The molecule has 1 amide bonds. The van der Waals surface area contributed by atoms with Crippen molar-refractivity contribution in [3.63, 3.8) is 0 Å². The average Bonchev–Trinajstić information content (AvgIpc) is 2.53. The minimum absolute atomic E-state index is 0.146. The van der Waals surface area contributed by atoms with Crippen molar-refractivity contribution < 1.29 is 14.6 Å². The summed E-state index contributed by atoms with van der Waals surface area (Å²) in [7, 11) is 1.58. The summed E-state index contributed by atoms with van der Waals surface area (Å²) in [6.07, 6.45) is 2.34. The quantitative estimate of drug-likeness (QED) is 0.866. The molecule has 1 atom stereocenters. The molecule has 2 N–H and O–H groups in total. The molecule has 0 saturated heterocycles. The first-order chi connectivity index (χ1) is 9.70. The highest BCUT2D eigenvalue weighted by Crippen LogP contribution is 2.17. The standard InChI is InChI=1S/C15H16N2O3/c1-20-13-4-2-11(3-5-13)14(18)10-17-15(19)12-6-8-16-9-7-12/h2-9,14,18H,10H2,1H3,(H,17,19). The monoisotopic (exact) mass is 272 g/mol. The molecule has 0 radical (unpaired) electrons. The predicted molar refractivity (Wildman–Crippen MR) is 74.5 cm³/mol. The highest BCUT2D eigenvalue weighted by atomic mass is 16.5. The first kappa shape index (κ1) is 14.0. The second kappa shape index (κ2) is 6.68. The number of carbonyl (C=O) groups is 1. The number of nitrogens with zero attached hydrogens (tertiary/aromatic N) is 1. The summed E-state index contributed by atoms with van der Waals surface area (Å²) in [5.74, 6) is 0.488. The number of aliphatic hydroxyl groups is 1. The first-order valence-electron chi connectivity index (χ1n) is 6.21. The van der Waals surface area contributed by atoms with Crippen LogP contribution in [0.5, 0.6) is 5.75 Å². The lowest BCUT2D eigenvalue weighted by molar-refractivity contribution is 0.0916. The van der Waals surface area contributed by atoms with Gasteiger partial charge >= 0.3 is 0 Å². The fourth-order valence-electron chi connectivity index (χ4n) is 1.74. The number of nitrogens with one attached hydrogen (secondary N) is 1. The molecule has 1 aromatic carbocycles. The van der Waals surface area contributed by atoms with E-state index in [4.69, 9.17) is 4.74 Å². The topological polar surface area (TPSA) is 71.5 Å². The van der Waals surface area contributed by atoms with E-state index >= 15 is 0 Å². The van der Waals surface area contributed by atoms with Gasteiger partial charge in [-0.2, -0.15) is 0 Å². The van der Waals surface area contributed by atoms with Crippen LogP contribution >= 0.6 is 0 Å². The lowest BCUT2D eigenvalue weighted by Crippen LogP contribution is -2.28. The van der Waals surface area contributed by atoms with Gasteiger partial charge in [-0.1, -0.05) is 12.1 Å². The van der Waals surface area contributed by atoms with E-state index in [-0.39, 0.29) is 12.5 Å². The summed E-state index contributed by atoms with van der Waals surface area (Å²) in [5, 5.41) is 12.7. The van der Waals surface area contributed by atoms with Gasteiger partial charge in [-0.25, -0.2) is 0 Å². The van der Waals surface area contributed by atoms with E-state index in [0.717, 1.165) is 11.3 Å². The highest BCUT2D eigenvalue weighted by molar-refractivity contribution is 5.93. The fraction of sp³-hybridized carbons (Fsp3) is 0.200. The van der Waals surface area contributed by atoms with E-state index in [1.54, 1.807) is 55.9 Å². The zero-order valence-electron chi connectivity index (χ0n) is 11.1. The Bertz CT molecular complexity index is 555. The van der Waals surface area contributed by atoms with Gasteiger partial charge in [0.05, 0.1) is 13.2 Å². The van der Waals surface area contributed by atoms with Crippen molar-refractivity contribution in [2.45, 2.75) is 6.10 Å². The predicted octanol–water partition coefficient (Wildman–Crippen LogP) is 1.55. The van der Waals surface area contributed by atoms with Crippen molar-refractivity contribution in [1.29, 1.82) is 0 Å². The molecule has 2 rings (SSSR count). The molecule has 0 saturated carbocycles. The van der Waals surface area contributed by atoms with E-state index in [0.29, 0.717) is 5.56 Å². The van der Waals surface area contributed by atoms with Gasteiger partial charge in [0.2, 0.25) is 0 Å². The molecule has 5 nitrogen and oxygen atoms in total. The van der Waals surface area contributed by atoms with Crippen LogP contribution in [0, 0.1) is 0 Å². The summed E-state index contributed by atoms with van der Waals surface area (Å²) in [4.78, 5) is 15.7. The van der Waals surface area contributed by atoms with Crippen molar-refractivity contribution in [3.05, 3.63) is 59.9 Å². The molecule has 1 unspecified atom stereocenters. The SMILES string of the molecule is COc1ccc(C(O)CNC(=O)c2ccncc2)cc1. The summed E-state index contributed by atoms with van der Waals surface area (Å²) in [6, 6.07) is 10.3. The molecule has 1 heterocycles. The highest BCUT2D eigenvalue weighted by Gasteiger charge is 2.10. The molecular formula is C15H16N2O3. The Kier molecular flexibility index (Phi) is 4.68. The molecule has 20 heavy (non-hydrogen) atoms. The number of ether oxygens (including phenoxy) is 1. The lowest BCUT2D eigenvalue weighted by Gasteiger charge is -2.12. The summed E-state index contributed by atoms with van der Waals surface area (Å²) in [5.41, 5.74) is 1.24. The molecule has 5 heteroatoms. The number of rotatable bonds is 5. The van der Waals surface area contributed by atoms with Gasteiger partial charge in [0.25, 0.3) is 5.91 Å². The average molecular weight is 272 g/mol. The van der Waals surface area contributed by atoms with Crippen LogP contribution in [0.15, 0.2) is 48.8 Å². The van der Waals surface area contributed by atoms with Gasteiger partial charge in [-0.05, 0) is 29.8 Å². The number of hydrogen-bond acceptors (Lipinski definition) is 4. The minimum Gasteiger partial charge on any atom is -0.497 e. The van der Waals surface area contributed by atoms with Crippen LogP contribution in [0.3, 0.4) is 0 Å². The van der Waals surface area contributed by atoms with E-state index in [1.165, 1.54) is 0 Å². The second-order valence-corrected chi connectivity index (χ2v) is 4.23. The Labute approximate surface area is 117 Å². The van der Waals surface area contributed by atoms with Crippen molar-refractivity contribution in [2.24, 2.45) is 0 Å². The van der Waals surface area contributed by atoms with Crippen LogP contribution in [-0.4, -0.2) is 29.7 Å². The fourth-order valence-corrected chi connectivity index (χ4v) is 1.74. The van der Waals surface area contributed by atoms with E-state index in [9.17, 15) is 9.90 Å². The smallest absolute Gasteiger partial charge is 0.251 e. The molecule has 0 bridgehead atoms. The number of methoxy groups -OCH3 is 1. The summed E-state index contributed by atoms with van der Waals surface area (Å²) in [6.45, 7) is 0.146. The number of carbonyl (C=O) groups excluding carboxylic acids is 1. The molecule has 0 aliphatic rings. The Morgan fingerprint density at radius 2 is 1.90 bits per heavy atom. The number of hydrogen-bond donors (Lipinski definition) is 2. The van der Waals surface area contributed by atoms with Gasteiger partial charge in [0.1, 0.15) is 5.75 Å². The van der Waals surface area contributed by atoms with Crippen molar-refractivity contribution in [3.8, 4) is 5.75 Å². The van der Waals surface area contributed by atoms with E-state index in [1.807, 2.05) is 0 Å². The molecule has 2 aromatic rings. The van der Waals surface area contributed by atoms with Crippen molar-refractivity contribution in [1.82, 2.24) is 10.3 Å². The zero-order valence-corrected chi connectivity index (χ0v) is 11.1. The number of aliphatic hydroxyl groups excluding tert-OH is 1. The Balaban J connectivity index is 1.91. The first-order valence-corrected chi connectivity index (χ1v) is 6.21. The maximum Gasteiger partial charge on any atom is 0.251 e. The van der Waals surface area contributed by atoms with Gasteiger partial charge in [-0.15, -0.1) is 0 Å². The maximum atomic E-state index is 11.8. The molecule has 0 fully saturated rings. The molecule has 0 aliphatic heterocycles. The number of benzene rings is 1. The zero-order chi connectivity index (χ0) is 14.4. The molecule has 0 aliphatic carbocycles. The summed E-state index contributed by atoms with van der Waals surface area (Å²) >= 11 is 0. The summed E-state index contributed by atoms with van der Waals surface area (Å²) < 4.78 is 5.05.